The lowest BCUT2D eigenvalue weighted by Crippen LogP contribution is -2.30. The zero-order valence-electron chi connectivity index (χ0n) is 50.4. The Morgan fingerprint density at radius 1 is 0.273 bits per heavy atom. The van der Waals surface area contributed by atoms with Crippen molar-refractivity contribution in [3.63, 3.8) is 0 Å². The number of esters is 3. The van der Waals surface area contributed by atoms with Crippen LogP contribution in [0.5, 0.6) is 0 Å². The normalized spacial score (nSPS) is 12.8. The third-order valence-electron chi connectivity index (χ3n) is 13.7. The Labute approximate surface area is 476 Å². The van der Waals surface area contributed by atoms with Crippen molar-refractivity contribution in [3.05, 3.63) is 109 Å². The largest absolute Gasteiger partial charge is 0.462 e. The maximum absolute atomic E-state index is 12.9. The van der Waals surface area contributed by atoms with Crippen molar-refractivity contribution < 1.29 is 28.6 Å². The molecule has 0 radical (unpaired) electrons. The van der Waals surface area contributed by atoms with Gasteiger partial charge in [0, 0.05) is 19.3 Å². The predicted octanol–water partition coefficient (Wildman–Crippen LogP) is 22.2. The number of allylic oxidation sites excluding steroid dienone is 18. The molecule has 440 valence electrons. The minimum absolute atomic E-state index is 0.0911. The third kappa shape index (κ3) is 62.8. The molecule has 0 saturated heterocycles. The highest BCUT2D eigenvalue weighted by Gasteiger charge is 2.19. The van der Waals surface area contributed by atoms with E-state index in [-0.39, 0.29) is 31.1 Å². The zero-order chi connectivity index (χ0) is 55.7. The fraction of sp³-hybridized carbons (Fsp3) is 0.704. The van der Waals surface area contributed by atoms with Crippen molar-refractivity contribution in [1.29, 1.82) is 0 Å². The van der Waals surface area contributed by atoms with Gasteiger partial charge in [-0.05, 0) is 128 Å². The summed E-state index contributed by atoms with van der Waals surface area (Å²) in [5.41, 5.74) is 0. The topological polar surface area (TPSA) is 78.9 Å². The molecule has 0 aliphatic heterocycles. The molecular formula is C71H120O6. The zero-order valence-corrected chi connectivity index (χ0v) is 50.4. The monoisotopic (exact) mass is 1070 g/mol. The molecule has 0 aromatic rings. The van der Waals surface area contributed by atoms with Gasteiger partial charge in [-0.15, -0.1) is 0 Å². The van der Waals surface area contributed by atoms with E-state index in [4.69, 9.17) is 14.2 Å². The number of ether oxygens (including phenoxy) is 3. The molecule has 0 aliphatic carbocycles. The number of unbranched alkanes of at least 4 members (excludes halogenated alkanes) is 29. The van der Waals surface area contributed by atoms with Gasteiger partial charge in [-0.25, -0.2) is 0 Å². The van der Waals surface area contributed by atoms with Crippen LogP contribution in [0.1, 0.15) is 303 Å². The highest BCUT2D eigenvalue weighted by atomic mass is 16.6. The van der Waals surface area contributed by atoms with Crippen molar-refractivity contribution in [2.75, 3.05) is 13.2 Å². The highest BCUT2D eigenvalue weighted by molar-refractivity contribution is 5.71. The summed E-state index contributed by atoms with van der Waals surface area (Å²) in [5.74, 6) is -0.912. The van der Waals surface area contributed by atoms with Crippen LogP contribution in [0.15, 0.2) is 109 Å². The van der Waals surface area contributed by atoms with Gasteiger partial charge in [0.15, 0.2) is 6.10 Å². The maximum atomic E-state index is 12.9. The van der Waals surface area contributed by atoms with Gasteiger partial charge in [0.1, 0.15) is 13.2 Å². The molecule has 0 heterocycles. The van der Waals surface area contributed by atoms with Crippen molar-refractivity contribution in [3.8, 4) is 0 Å². The molecule has 0 amide bonds. The van der Waals surface area contributed by atoms with Gasteiger partial charge in [-0.3, -0.25) is 14.4 Å². The smallest absolute Gasteiger partial charge is 0.306 e. The predicted molar refractivity (Wildman–Crippen MR) is 334 cm³/mol. The van der Waals surface area contributed by atoms with Gasteiger partial charge in [0.05, 0.1) is 0 Å². The van der Waals surface area contributed by atoms with Crippen LogP contribution in [0.4, 0.5) is 0 Å². The number of carbonyl (C=O) groups excluding carboxylic acids is 3. The molecule has 6 nitrogen and oxygen atoms in total. The van der Waals surface area contributed by atoms with Crippen LogP contribution in [0.2, 0.25) is 0 Å². The van der Waals surface area contributed by atoms with Crippen LogP contribution in [0.3, 0.4) is 0 Å². The molecule has 6 heteroatoms. The summed E-state index contributed by atoms with van der Waals surface area (Å²) in [5, 5.41) is 0. The highest BCUT2D eigenvalue weighted by Crippen LogP contribution is 2.15. The molecule has 1 atom stereocenters. The summed E-state index contributed by atoms with van der Waals surface area (Å²) in [6, 6.07) is 0. The van der Waals surface area contributed by atoms with Gasteiger partial charge >= 0.3 is 17.9 Å². The molecule has 0 fully saturated rings. The molecule has 0 aliphatic rings. The van der Waals surface area contributed by atoms with Crippen LogP contribution in [-0.4, -0.2) is 37.2 Å². The molecule has 0 bridgehead atoms. The summed E-state index contributed by atoms with van der Waals surface area (Å²) in [7, 11) is 0. The second-order valence-electron chi connectivity index (χ2n) is 21.3. The van der Waals surface area contributed by atoms with E-state index in [2.05, 4.69) is 130 Å². The van der Waals surface area contributed by atoms with E-state index in [9.17, 15) is 14.4 Å². The van der Waals surface area contributed by atoms with E-state index < -0.39 is 6.10 Å². The van der Waals surface area contributed by atoms with E-state index in [1.165, 1.54) is 128 Å². The lowest BCUT2D eigenvalue weighted by atomic mass is 10.1. The Balaban J connectivity index is 4.41. The van der Waals surface area contributed by atoms with Crippen LogP contribution >= 0.6 is 0 Å². The minimum atomic E-state index is -0.794. The molecule has 0 saturated carbocycles. The van der Waals surface area contributed by atoms with E-state index in [1.54, 1.807) is 0 Å². The number of carbonyl (C=O) groups is 3. The fourth-order valence-electron chi connectivity index (χ4n) is 8.88. The molecule has 77 heavy (non-hydrogen) atoms. The van der Waals surface area contributed by atoms with Gasteiger partial charge in [-0.2, -0.15) is 0 Å². The molecule has 0 spiro atoms. The SMILES string of the molecule is CC/C=C\C/C=C\C/C=C\C/C=C\C/C=C\C/C=C\CCCCCCCCC(=O)OCC(COC(=O)CCCCCCC/C=C\C/C=C\CCCCC)OC(=O)CCCCCCCCCCC/C=C\CCCCCCCC. The average molecular weight is 1070 g/mol. The van der Waals surface area contributed by atoms with E-state index in [0.29, 0.717) is 19.3 Å². The first-order chi connectivity index (χ1) is 38.0. The van der Waals surface area contributed by atoms with E-state index >= 15 is 0 Å². The molecule has 0 rings (SSSR count). The van der Waals surface area contributed by atoms with Gasteiger partial charge in [0.25, 0.3) is 0 Å². The Morgan fingerprint density at radius 2 is 0.506 bits per heavy atom. The summed E-state index contributed by atoms with van der Waals surface area (Å²) in [6.45, 7) is 6.49. The molecule has 1 unspecified atom stereocenters. The van der Waals surface area contributed by atoms with Crippen molar-refractivity contribution in [1.82, 2.24) is 0 Å². The van der Waals surface area contributed by atoms with Gasteiger partial charge in [0.2, 0.25) is 0 Å². The summed E-state index contributed by atoms with van der Waals surface area (Å²) < 4.78 is 16.9. The number of rotatable bonds is 58. The summed E-state index contributed by atoms with van der Waals surface area (Å²) in [6.07, 6.45) is 88.0. The van der Waals surface area contributed by atoms with Gasteiger partial charge < -0.3 is 14.2 Å². The Hall–Kier alpha value is -3.93. The molecule has 0 aromatic carbocycles. The second kappa shape index (κ2) is 64.6. The first kappa shape index (κ1) is 73.1. The Morgan fingerprint density at radius 3 is 0.831 bits per heavy atom. The lowest BCUT2D eigenvalue weighted by Gasteiger charge is -2.18. The maximum Gasteiger partial charge on any atom is 0.306 e. The molecule has 0 aromatic heterocycles. The standard InChI is InChI=1S/C71H120O6/c1-4-7-10-13-16-19-22-25-28-30-32-33-34-35-36-37-39-40-43-46-49-52-55-58-61-64-70(73)76-67-68(66-75-69(72)63-60-57-54-51-48-45-42-27-24-21-18-15-12-9-6-3)77-71(74)65-62-59-56-53-50-47-44-41-38-31-29-26-23-20-17-14-11-8-5-2/h7,10,16,18-19,21,25-29,32-33,35-36,39-40,42,68H,4-6,8-9,11-15,17,20,22-24,30-31,34,37-38,41,43-67H2,1-3H3/b10-7-,19-16-,21-18-,28-25-,29-26-,33-32-,36-35-,40-39-,42-27-. The first-order valence-electron chi connectivity index (χ1n) is 32.4. The van der Waals surface area contributed by atoms with E-state index in [1.807, 2.05) is 0 Å². The minimum Gasteiger partial charge on any atom is -0.462 e. The van der Waals surface area contributed by atoms with E-state index in [0.717, 1.165) is 135 Å². The summed E-state index contributed by atoms with van der Waals surface area (Å²) >= 11 is 0. The fourth-order valence-corrected chi connectivity index (χ4v) is 8.88. The number of hydrogen-bond acceptors (Lipinski definition) is 6. The average Bonchev–Trinajstić information content (AvgIpc) is 3.43. The van der Waals surface area contributed by atoms with Crippen molar-refractivity contribution in [2.45, 2.75) is 309 Å². The number of hydrogen-bond donors (Lipinski definition) is 0. The molecular weight excluding hydrogens is 949 g/mol. The third-order valence-corrected chi connectivity index (χ3v) is 13.7. The van der Waals surface area contributed by atoms with Crippen molar-refractivity contribution >= 4 is 17.9 Å². The van der Waals surface area contributed by atoms with Crippen molar-refractivity contribution in [2.24, 2.45) is 0 Å². The first-order valence-corrected chi connectivity index (χ1v) is 32.4. The lowest BCUT2D eigenvalue weighted by molar-refractivity contribution is -0.167. The van der Waals surface area contributed by atoms with Crippen LogP contribution < -0.4 is 0 Å². The quantitative estimate of drug-likeness (QED) is 0.0261. The second-order valence-corrected chi connectivity index (χ2v) is 21.3. The summed E-state index contributed by atoms with van der Waals surface area (Å²) in [4.78, 5) is 38.3. The Kier molecular flexibility index (Phi) is 61.3. The van der Waals surface area contributed by atoms with Crippen LogP contribution in [0, 0.1) is 0 Å². The van der Waals surface area contributed by atoms with Crippen LogP contribution in [0.25, 0.3) is 0 Å². The van der Waals surface area contributed by atoms with Gasteiger partial charge in [-0.1, -0.05) is 265 Å². The molecule has 0 N–H and O–H groups in total. The Bertz CT molecular complexity index is 1560. The van der Waals surface area contributed by atoms with Crippen LogP contribution in [-0.2, 0) is 28.6 Å².